The molecule has 0 aliphatic carbocycles. The quantitative estimate of drug-likeness (QED) is 0.832. The molecule has 1 atom stereocenters. The van der Waals surface area contributed by atoms with Gasteiger partial charge in [0.05, 0.1) is 11.5 Å². The number of carbonyl (C=O) groups is 1. The second-order valence-corrected chi connectivity index (χ2v) is 7.09. The molecular formula is C14H15F2NO4S. The SMILES string of the molecule is O=C(/C=C/c1ccccc1OC(F)F)NC1CCS(=O)(=O)C1. The Hall–Kier alpha value is -1.96. The van der Waals surface area contributed by atoms with Crippen LogP contribution in [0.5, 0.6) is 5.75 Å². The summed E-state index contributed by atoms with van der Waals surface area (Å²) in [4.78, 5) is 11.7. The molecule has 1 unspecified atom stereocenters. The third kappa shape index (κ3) is 4.80. The van der Waals surface area contributed by atoms with Crippen LogP contribution in [0.15, 0.2) is 30.3 Å². The zero-order valence-electron chi connectivity index (χ0n) is 11.5. The summed E-state index contributed by atoms with van der Waals surface area (Å²) in [6, 6.07) is 5.65. The number of halogens is 2. The second-order valence-electron chi connectivity index (χ2n) is 4.86. The lowest BCUT2D eigenvalue weighted by Crippen LogP contribution is -2.34. The summed E-state index contributed by atoms with van der Waals surface area (Å²) in [5.74, 6) is -0.524. The highest BCUT2D eigenvalue weighted by molar-refractivity contribution is 7.91. The minimum absolute atomic E-state index is 0.0370. The Morgan fingerprint density at radius 1 is 1.36 bits per heavy atom. The standard InChI is InChI=1S/C14H15F2NO4S/c15-14(16)21-12-4-2-1-3-10(12)5-6-13(18)17-11-7-8-22(19,20)9-11/h1-6,11,14H,7-9H2,(H,17,18)/b6-5+. The Labute approximate surface area is 126 Å². The minimum atomic E-state index is -3.07. The molecule has 2 rings (SSSR count). The third-order valence-electron chi connectivity index (χ3n) is 3.13. The first-order valence-electron chi connectivity index (χ1n) is 6.58. The van der Waals surface area contributed by atoms with E-state index in [0.29, 0.717) is 12.0 Å². The van der Waals surface area contributed by atoms with Crippen molar-refractivity contribution >= 4 is 21.8 Å². The molecule has 1 amide bonds. The summed E-state index contributed by atoms with van der Waals surface area (Å²) < 4.78 is 51.4. The Morgan fingerprint density at radius 2 is 2.09 bits per heavy atom. The number of alkyl halides is 2. The molecular weight excluding hydrogens is 316 g/mol. The molecule has 0 aromatic heterocycles. The molecule has 1 saturated heterocycles. The van der Waals surface area contributed by atoms with Gasteiger partial charge in [-0.05, 0) is 18.6 Å². The van der Waals surface area contributed by atoms with Gasteiger partial charge in [-0.3, -0.25) is 4.79 Å². The summed E-state index contributed by atoms with van der Waals surface area (Å²) in [6.45, 7) is -2.95. The molecule has 0 radical (unpaired) electrons. The van der Waals surface area contributed by atoms with E-state index in [1.165, 1.54) is 24.3 Å². The zero-order chi connectivity index (χ0) is 16.2. The van der Waals surface area contributed by atoms with E-state index in [4.69, 9.17) is 0 Å². The average molecular weight is 331 g/mol. The molecule has 5 nitrogen and oxygen atoms in total. The van der Waals surface area contributed by atoms with Gasteiger partial charge >= 0.3 is 6.61 Å². The van der Waals surface area contributed by atoms with Crippen LogP contribution in [0, 0.1) is 0 Å². The Morgan fingerprint density at radius 3 is 2.73 bits per heavy atom. The van der Waals surface area contributed by atoms with E-state index in [9.17, 15) is 22.0 Å². The first-order valence-corrected chi connectivity index (χ1v) is 8.41. The van der Waals surface area contributed by atoms with E-state index in [2.05, 4.69) is 10.1 Å². The fraction of sp³-hybridized carbons (Fsp3) is 0.357. The molecule has 1 heterocycles. The van der Waals surface area contributed by atoms with Crippen molar-refractivity contribution in [3.63, 3.8) is 0 Å². The Balaban J connectivity index is 1.98. The van der Waals surface area contributed by atoms with Crippen LogP contribution < -0.4 is 10.1 Å². The smallest absolute Gasteiger partial charge is 0.387 e. The number of hydrogen-bond donors (Lipinski definition) is 1. The molecule has 0 spiro atoms. The highest BCUT2D eigenvalue weighted by Gasteiger charge is 2.28. The molecule has 1 aliphatic heterocycles. The maximum Gasteiger partial charge on any atom is 0.387 e. The van der Waals surface area contributed by atoms with E-state index in [1.807, 2.05) is 0 Å². The largest absolute Gasteiger partial charge is 0.434 e. The van der Waals surface area contributed by atoms with Crippen LogP contribution in [0.25, 0.3) is 6.08 Å². The number of ether oxygens (including phenoxy) is 1. The highest BCUT2D eigenvalue weighted by atomic mass is 32.2. The normalized spacial score (nSPS) is 20.4. The number of carbonyl (C=O) groups excluding carboxylic acids is 1. The topological polar surface area (TPSA) is 72.5 Å². The van der Waals surface area contributed by atoms with Crippen molar-refractivity contribution in [1.29, 1.82) is 0 Å². The van der Waals surface area contributed by atoms with Gasteiger partial charge in [-0.25, -0.2) is 8.42 Å². The molecule has 0 saturated carbocycles. The molecule has 1 aliphatic rings. The predicted molar refractivity (Wildman–Crippen MR) is 77.3 cm³/mol. The van der Waals surface area contributed by atoms with E-state index in [1.54, 1.807) is 12.1 Å². The summed E-state index contributed by atoms with van der Waals surface area (Å²) in [7, 11) is -3.07. The van der Waals surface area contributed by atoms with Crippen molar-refractivity contribution in [1.82, 2.24) is 5.32 Å². The number of hydrogen-bond acceptors (Lipinski definition) is 4. The third-order valence-corrected chi connectivity index (χ3v) is 4.90. The monoisotopic (exact) mass is 331 g/mol. The summed E-state index contributed by atoms with van der Waals surface area (Å²) in [6.07, 6.45) is 2.89. The zero-order valence-corrected chi connectivity index (χ0v) is 12.4. The van der Waals surface area contributed by atoms with Crippen LogP contribution in [0.1, 0.15) is 12.0 Å². The van der Waals surface area contributed by atoms with Gasteiger partial charge in [0, 0.05) is 17.7 Å². The van der Waals surface area contributed by atoms with Crippen molar-refractivity contribution in [2.75, 3.05) is 11.5 Å². The number of rotatable bonds is 5. The molecule has 1 aromatic rings. The number of amides is 1. The summed E-state index contributed by atoms with van der Waals surface area (Å²) in [5.41, 5.74) is 0.331. The van der Waals surface area contributed by atoms with Gasteiger partial charge in [-0.1, -0.05) is 18.2 Å². The van der Waals surface area contributed by atoms with Crippen molar-refractivity contribution in [2.24, 2.45) is 0 Å². The van der Waals surface area contributed by atoms with E-state index >= 15 is 0 Å². The maximum atomic E-state index is 12.3. The van der Waals surface area contributed by atoms with Crippen LogP contribution in [-0.4, -0.2) is 38.5 Å². The van der Waals surface area contributed by atoms with Gasteiger partial charge in [0.1, 0.15) is 5.75 Å². The van der Waals surface area contributed by atoms with Gasteiger partial charge in [0.2, 0.25) is 5.91 Å². The number of nitrogens with one attached hydrogen (secondary N) is 1. The predicted octanol–water partition coefficient (Wildman–Crippen LogP) is 1.60. The van der Waals surface area contributed by atoms with Crippen LogP contribution in [0.4, 0.5) is 8.78 Å². The van der Waals surface area contributed by atoms with Crippen molar-refractivity contribution in [3.8, 4) is 5.75 Å². The molecule has 22 heavy (non-hydrogen) atoms. The van der Waals surface area contributed by atoms with E-state index in [-0.39, 0.29) is 17.3 Å². The van der Waals surface area contributed by atoms with E-state index < -0.39 is 28.4 Å². The lowest BCUT2D eigenvalue weighted by atomic mass is 10.2. The maximum absolute atomic E-state index is 12.3. The fourth-order valence-electron chi connectivity index (χ4n) is 2.15. The van der Waals surface area contributed by atoms with Crippen molar-refractivity contribution in [2.45, 2.75) is 19.1 Å². The highest BCUT2D eigenvalue weighted by Crippen LogP contribution is 2.21. The lowest BCUT2D eigenvalue weighted by molar-refractivity contribution is -0.116. The molecule has 1 aromatic carbocycles. The Bertz CT molecular complexity index is 673. The van der Waals surface area contributed by atoms with Crippen LogP contribution in [-0.2, 0) is 14.6 Å². The first-order chi connectivity index (χ1) is 10.4. The summed E-state index contributed by atoms with van der Waals surface area (Å²) >= 11 is 0. The van der Waals surface area contributed by atoms with Gasteiger partial charge in [-0.15, -0.1) is 0 Å². The van der Waals surface area contributed by atoms with Gasteiger partial charge in [0.25, 0.3) is 0 Å². The van der Waals surface area contributed by atoms with Gasteiger partial charge in [-0.2, -0.15) is 8.78 Å². The van der Waals surface area contributed by atoms with E-state index in [0.717, 1.165) is 0 Å². The molecule has 8 heteroatoms. The number of benzene rings is 1. The summed E-state index contributed by atoms with van der Waals surface area (Å²) in [5, 5.41) is 2.57. The van der Waals surface area contributed by atoms with Crippen molar-refractivity contribution < 1.29 is 26.7 Å². The van der Waals surface area contributed by atoms with Gasteiger partial charge < -0.3 is 10.1 Å². The molecule has 0 bridgehead atoms. The average Bonchev–Trinajstić information content (AvgIpc) is 2.76. The fourth-order valence-corrected chi connectivity index (χ4v) is 3.82. The second kappa shape index (κ2) is 6.87. The number of sulfone groups is 1. The lowest BCUT2D eigenvalue weighted by Gasteiger charge is -2.09. The Kier molecular flexibility index (Phi) is 5.12. The molecule has 1 fully saturated rings. The van der Waals surface area contributed by atoms with Crippen LogP contribution in [0.3, 0.4) is 0 Å². The molecule has 120 valence electrons. The van der Waals surface area contributed by atoms with Crippen LogP contribution >= 0.6 is 0 Å². The van der Waals surface area contributed by atoms with Crippen molar-refractivity contribution in [3.05, 3.63) is 35.9 Å². The first kappa shape index (κ1) is 16.4. The van der Waals surface area contributed by atoms with Crippen LogP contribution in [0.2, 0.25) is 0 Å². The molecule has 1 N–H and O–H groups in total. The minimum Gasteiger partial charge on any atom is -0.434 e. The number of para-hydroxylation sites is 1. The van der Waals surface area contributed by atoms with Gasteiger partial charge in [0.15, 0.2) is 9.84 Å².